The molecule has 0 spiro atoms. The highest BCUT2D eigenvalue weighted by molar-refractivity contribution is 5.06. The lowest BCUT2D eigenvalue weighted by atomic mass is 9.82. The highest BCUT2D eigenvalue weighted by atomic mass is 16.5. The van der Waals surface area contributed by atoms with Crippen LogP contribution < -0.4 is 5.32 Å². The van der Waals surface area contributed by atoms with Gasteiger partial charge in [-0.15, -0.1) is 0 Å². The van der Waals surface area contributed by atoms with E-state index < -0.39 is 0 Å². The van der Waals surface area contributed by atoms with Crippen LogP contribution in [0.3, 0.4) is 0 Å². The molecular weight excluding hydrogens is 240 g/mol. The standard InChI is InChI=1S/C15H30N2O2/c1-14(2)12(13(16-5)15(3,4)19-14)10-17-8-7-11(9-17)18-6/h11-13,16H,7-10H2,1-6H3. The van der Waals surface area contributed by atoms with Crippen molar-refractivity contribution >= 4 is 0 Å². The van der Waals surface area contributed by atoms with Crippen molar-refractivity contribution in [2.24, 2.45) is 5.92 Å². The van der Waals surface area contributed by atoms with Crippen molar-refractivity contribution in [2.45, 2.75) is 57.5 Å². The normalized spacial score (nSPS) is 37.9. The Balaban J connectivity index is 2.05. The summed E-state index contributed by atoms with van der Waals surface area (Å²) in [4.78, 5) is 2.52. The van der Waals surface area contributed by atoms with Crippen molar-refractivity contribution in [3.8, 4) is 0 Å². The summed E-state index contributed by atoms with van der Waals surface area (Å²) in [6, 6.07) is 0.393. The lowest BCUT2D eigenvalue weighted by Crippen LogP contribution is -2.49. The van der Waals surface area contributed by atoms with Gasteiger partial charge >= 0.3 is 0 Å². The van der Waals surface area contributed by atoms with Gasteiger partial charge in [0.15, 0.2) is 0 Å². The number of nitrogens with one attached hydrogen (secondary N) is 1. The molecule has 3 unspecified atom stereocenters. The molecule has 0 radical (unpaired) electrons. The summed E-state index contributed by atoms with van der Waals surface area (Å²) >= 11 is 0. The van der Waals surface area contributed by atoms with Crippen LogP contribution >= 0.6 is 0 Å². The van der Waals surface area contributed by atoms with Gasteiger partial charge in [-0.1, -0.05) is 0 Å². The van der Waals surface area contributed by atoms with Crippen LogP contribution in [0.5, 0.6) is 0 Å². The second-order valence-corrected chi connectivity index (χ2v) is 7.09. The van der Waals surface area contributed by atoms with E-state index in [4.69, 9.17) is 9.47 Å². The first-order valence-corrected chi connectivity index (χ1v) is 7.42. The molecule has 3 atom stereocenters. The fourth-order valence-electron chi connectivity index (χ4n) is 4.01. The topological polar surface area (TPSA) is 33.7 Å². The van der Waals surface area contributed by atoms with Crippen molar-refractivity contribution in [3.05, 3.63) is 0 Å². The molecule has 2 saturated heterocycles. The molecule has 0 bridgehead atoms. The van der Waals surface area contributed by atoms with Crippen molar-refractivity contribution in [1.29, 1.82) is 0 Å². The Morgan fingerprint density at radius 3 is 2.47 bits per heavy atom. The summed E-state index contributed by atoms with van der Waals surface area (Å²) < 4.78 is 11.8. The van der Waals surface area contributed by atoms with E-state index in [2.05, 4.69) is 37.9 Å². The Hall–Kier alpha value is -0.160. The molecular formula is C15H30N2O2. The molecule has 2 heterocycles. The number of likely N-dealkylation sites (tertiary alicyclic amines) is 1. The molecule has 2 rings (SSSR count). The van der Waals surface area contributed by atoms with Gasteiger partial charge in [0.25, 0.3) is 0 Å². The number of hydrogen-bond acceptors (Lipinski definition) is 4. The zero-order chi connectivity index (χ0) is 14.3. The smallest absolute Gasteiger partial charge is 0.0790 e. The van der Waals surface area contributed by atoms with Gasteiger partial charge < -0.3 is 19.7 Å². The molecule has 4 nitrogen and oxygen atoms in total. The van der Waals surface area contributed by atoms with E-state index in [0.717, 1.165) is 26.1 Å². The average Bonchev–Trinajstić information content (AvgIpc) is 2.80. The van der Waals surface area contributed by atoms with E-state index in [9.17, 15) is 0 Å². The fourth-order valence-corrected chi connectivity index (χ4v) is 4.01. The third-order valence-corrected chi connectivity index (χ3v) is 4.90. The number of nitrogens with zero attached hydrogens (tertiary/aromatic N) is 1. The van der Waals surface area contributed by atoms with Crippen LogP contribution in [-0.4, -0.2) is 62.0 Å². The first kappa shape index (κ1) is 15.2. The van der Waals surface area contributed by atoms with Gasteiger partial charge in [0.1, 0.15) is 0 Å². The van der Waals surface area contributed by atoms with Gasteiger partial charge in [0.05, 0.1) is 17.3 Å². The molecule has 0 amide bonds. The van der Waals surface area contributed by atoms with Crippen molar-refractivity contribution < 1.29 is 9.47 Å². The number of rotatable bonds is 4. The average molecular weight is 270 g/mol. The molecule has 112 valence electrons. The van der Waals surface area contributed by atoms with Gasteiger partial charge in [-0.25, -0.2) is 0 Å². The zero-order valence-corrected chi connectivity index (χ0v) is 13.3. The molecule has 0 aromatic rings. The Labute approximate surface area is 117 Å². The fraction of sp³-hybridized carbons (Fsp3) is 1.00. The minimum atomic E-state index is -0.108. The summed E-state index contributed by atoms with van der Waals surface area (Å²) in [6.07, 6.45) is 1.56. The van der Waals surface area contributed by atoms with Crippen LogP contribution in [0.1, 0.15) is 34.1 Å². The second kappa shape index (κ2) is 5.32. The van der Waals surface area contributed by atoms with Crippen LogP contribution in [0.4, 0.5) is 0 Å². The maximum Gasteiger partial charge on any atom is 0.0790 e. The molecule has 2 fully saturated rings. The molecule has 0 aromatic heterocycles. The van der Waals surface area contributed by atoms with E-state index in [1.54, 1.807) is 0 Å². The predicted octanol–water partition coefficient (Wildman–Crippen LogP) is 1.50. The quantitative estimate of drug-likeness (QED) is 0.839. The molecule has 2 aliphatic heterocycles. The van der Waals surface area contributed by atoms with Gasteiger partial charge in [-0.05, 0) is 41.2 Å². The van der Waals surface area contributed by atoms with Crippen LogP contribution in [0.15, 0.2) is 0 Å². The summed E-state index contributed by atoms with van der Waals surface area (Å²) in [5, 5.41) is 3.48. The molecule has 0 saturated carbocycles. The lowest BCUT2D eigenvalue weighted by molar-refractivity contribution is -0.0792. The van der Waals surface area contributed by atoms with Crippen LogP contribution in [0, 0.1) is 5.92 Å². The van der Waals surface area contributed by atoms with Gasteiger partial charge in [0, 0.05) is 38.7 Å². The first-order chi connectivity index (χ1) is 8.80. The highest BCUT2D eigenvalue weighted by Gasteiger charge is 2.53. The number of ether oxygens (including phenoxy) is 2. The highest BCUT2D eigenvalue weighted by Crippen LogP contribution is 2.42. The van der Waals surface area contributed by atoms with E-state index in [1.807, 2.05) is 14.2 Å². The maximum atomic E-state index is 6.30. The monoisotopic (exact) mass is 270 g/mol. The Bertz CT molecular complexity index is 317. The van der Waals surface area contributed by atoms with E-state index in [1.165, 1.54) is 0 Å². The zero-order valence-electron chi connectivity index (χ0n) is 13.3. The third kappa shape index (κ3) is 2.97. The number of hydrogen-bond donors (Lipinski definition) is 1. The number of methoxy groups -OCH3 is 1. The van der Waals surface area contributed by atoms with E-state index in [-0.39, 0.29) is 11.2 Å². The predicted molar refractivity (Wildman–Crippen MR) is 77.4 cm³/mol. The Kier molecular flexibility index (Phi) is 4.26. The van der Waals surface area contributed by atoms with Gasteiger partial charge in [0.2, 0.25) is 0 Å². The lowest BCUT2D eigenvalue weighted by Gasteiger charge is -2.32. The maximum absolute atomic E-state index is 6.30. The summed E-state index contributed by atoms with van der Waals surface area (Å²) in [5.74, 6) is 0.503. The van der Waals surface area contributed by atoms with Crippen LogP contribution in [0.2, 0.25) is 0 Å². The summed E-state index contributed by atoms with van der Waals surface area (Å²) in [7, 11) is 3.86. The summed E-state index contributed by atoms with van der Waals surface area (Å²) in [6.45, 7) is 12.1. The first-order valence-electron chi connectivity index (χ1n) is 7.42. The minimum Gasteiger partial charge on any atom is -0.380 e. The summed E-state index contributed by atoms with van der Waals surface area (Å²) in [5.41, 5.74) is -0.189. The van der Waals surface area contributed by atoms with E-state index >= 15 is 0 Å². The van der Waals surface area contributed by atoms with Crippen LogP contribution in [-0.2, 0) is 9.47 Å². The minimum absolute atomic E-state index is 0.0810. The van der Waals surface area contributed by atoms with Crippen LogP contribution in [0.25, 0.3) is 0 Å². The van der Waals surface area contributed by atoms with Crippen molar-refractivity contribution in [3.63, 3.8) is 0 Å². The van der Waals surface area contributed by atoms with Gasteiger partial charge in [-0.2, -0.15) is 0 Å². The van der Waals surface area contributed by atoms with Crippen molar-refractivity contribution in [1.82, 2.24) is 10.2 Å². The number of likely N-dealkylation sites (N-methyl/N-ethyl adjacent to an activating group) is 1. The second-order valence-electron chi connectivity index (χ2n) is 7.09. The van der Waals surface area contributed by atoms with E-state index in [0.29, 0.717) is 18.1 Å². The molecule has 0 aliphatic carbocycles. The molecule has 4 heteroatoms. The van der Waals surface area contributed by atoms with Gasteiger partial charge in [-0.3, -0.25) is 0 Å². The molecule has 0 aromatic carbocycles. The van der Waals surface area contributed by atoms with Crippen molar-refractivity contribution in [2.75, 3.05) is 33.8 Å². The molecule has 2 aliphatic rings. The molecule has 1 N–H and O–H groups in total. The Morgan fingerprint density at radius 1 is 1.26 bits per heavy atom. The third-order valence-electron chi connectivity index (χ3n) is 4.90. The molecule has 19 heavy (non-hydrogen) atoms. The SMILES string of the molecule is CNC1C(CN2CCC(OC)C2)C(C)(C)OC1(C)C. The Morgan fingerprint density at radius 2 is 1.95 bits per heavy atom. The largest absolute Gasteiger partial charge is 0.380 e.